The molecule has 1 nitrogen and oxygen atoms in total. The van der Waals surface area contributed by atoms with Crippen molar-refractivity contribution in [3.05, 3.63) is 69.4 Å². The van der Waals surface area contributed by atoms with Gasteiger partial charge in [0.05, 0.1) is 10.6 Å². The maximum absolute atomic E-state index is 4.54. The van der Waals surface area contributed by atoms with Crippen LogP contribution in [0, 0.1) is 13.8 Å². The number of hydrogen-bond donors (Lipinski definition) is 0. The first-order chi connectivity index (χ1) is 9.19. The second-order valence-corrected chi connectivity index (χ2v) is 5.51. The van der Waals surface area contributed by atoms with Crippen LogP contribution in [-0.4, -0.2) is 12.8 Å². The summed E-state index contributed by atoms with van der Waals surface area (Å²) >= 11 is 1.75. The second-order valence-electron chi connectivity index (χ2n) is 4.60. The number of hydrogen-bond acceptors (Lipinski definition) is 2. The lowest BCUT2D eigenvalue weighted by Gasteiger charge is -2.13. The van der Waals surface area contributed by atoms with Gasteiger partial charge in [-0.15, -0.1) is 17.9 Å². The standard InChI is InChI=1S/C17H19NS/c1-5-7-14-12(2)8-6-9-15(14)16(18-4)17-13(3)10-11-19-17/h5-6,8-11H,1,7H2,2-4H3. The highest BCUT2D eigenvalue weighted by molar-refractivity contribution is 7.12. The Balaban J connectivity index is 2.60. The van der Waals surface area contributed by atoms with Gasteiger partial charge in [0.25, 0.3) is 0 Å². The number of nitrogens with zero attached hydrogens (tertiary/aromatic N) is 1. The van der Waals surface area contributed by atoms with E-state index in [9.17, 15) is 0 Å². The molecule has 98 valence electrons. The van der Waals surface area contributed by atoms with E-state index in [2.05, 4.69) is 55.1 Å². The lowest BCUT2D eigenvalue weighted by Crippen LogP contribution is -2.07. The molecule has 0 radical (unpaired) electrons. The lowest BCUT2D eigenvalue weighted by molar-refractivity contribution is 1.20. The molecular weight excluding hydrogens is 250 g/mol. The van der Waals surface area contributed by atoms with Gasteiger partial charge in [0, 0.05) is 12.6 Å². The molecule has 0 saturated carbocycles. The van der Waals surface area contributed by atoms with Gasteiger partial charge in [0.15, 0.2) is 0 Å². The number of benzene rings is 1. The molecule has 0 atom stereocenters. The van der Waals surface area contributed by atoms with Crippen LogP contribution in [0.2, 0.25) is 0 Å². The van der Waals surface area contributed by atoms with E-state index in [0.29, 0.717) is 0 Å². The third-order valence-electron chi connectivity index (χ3n) is 3.31. The minimum atomic E-state index is 0.880. The number of rotatable bonds is 4. The zero-order valence-electron chi connectivity index (χ0n) is 11.7. The van der Waals surface area contributed by atoms with Crippen LogP contribution in [0.3, 0.4) is 0 Å². The molecule has 0 aliphatic rings. The van der Waals surface area contributed by atoms with Gasteiger partial charge in [-0.2, -0.15) is 0 Å². The molecule has 0 fully saturated rings. The molecule has 0 aliphatic carbocycles. The Morgan fingerprint density at radius 2 is 2.05 bits per heavy atom. The molecule has 0 bridgehead atoms. The van der Waals surface area contributed by atoms with E-state index in [1.807, 2.05) is 13.1 Å². The van der Waals surface area contributed by atoms with Crippen molar-refractivity contribution < 1.29 is 0 Å². The van der Waals surface area contributed by atoms with Crippen LogP contribution in [0.15, 0.2) is 47.3 Å². The predicted molar refractivity (Wildman–Crippen MR) is 85.7 cm³/mol. The van der Waals surface area contributed by atoms with Crippen LogP contribution in [0.5, 0.6) is 0 Å². The summed E-state index contributed by atoms with van der Waals surface area (Å²) in [6, 6.07) is 8.56. The van der Waals surface area contributed by atoms with E-state index >= 15 is 0 Å². The molecule has 0 aliphatic heterocycles. The van der Waals surface area contributed by atoms with Crippen LogP contribution in [0.1, 0.15) is 27.1 Å². The van der Waals surface area contributed by atoms with Crippen molar-refractivity contribution in [1.29, 1.82) is 0 Å². The lowest BCUT2D eigenvalue weighted by atomic mass is 9.94. The van der Waals surface area contributed by atoms with E-state index in [0.717, 1.165) is 12.1 Å². The van der Waals surface area contributed by atoms with Gasteiger partial charge >= 0.3 is 0 Å². The Morgan fingerprint density at radius 3 is 2.63 bits per heavy atom. The van der Waals surface area contributed by atoms with Gasteiger partial charge in [-0.25, -0.2) is 0 Å². The summed E-state index contributed by atoms with van der Waals surface area (Å²) in [7, 11) is 1.87. The van der Waals surface area contributed by atoms with Gasteiger partial charge in [0.1, 0.15) is 0 Å². The highest BCUT2D eigenvalue weighted by Crippen LogP contribution is 2.24. The summed E-state index contributed by atoms with van der Waals surface area (Å²) in [5.74, 6) is 0. The summed E-state index contributed by atoms with van der Waals surface area (Å²) in [6.07, 6.45) is 2.84. The Kier molecular flexibility index (Phi) is 4.33. The smallest absolute Gasteiger partial charge is 0.0820 e. The Bertz CT molecular complexity index is 620. The normalized spacial score (nSPS) is 11.6. The van der Waals surface area contributed by atoms with Crippen molar-refractivity contribution in [2.75, 3.05) is 7.05 Å². The van der Waals surface area contributed by atoms with Gasteiger partial charge in [-0.1, -0.05) is 24.3 Å². The topological polar surface area (TPSA) is 12.4 Å². The van der Waals surface area contributed by atoms with Gasteiger partial charge in [-0.05, 0) is 48.4 Å². The number of aliphatic imine (C=N–C) groups is 1. The predicted octanol–water partition coefficient (Wildman–Crippen LogP) is 4.56. The first-order valence-corrected chi connectivity index (χ1v) is 7.28. The SMILES string of the molecule is C=CCc1c(C)cccc1C(=NC)c1sccc1C. The average molecular weight is 269 g/mol. The fraction of sp³-hybridized carbons (Fsp3) is 0.235. The summed E-state index contributed by atoms with van der Waals surface area (Å²) in [6.45, 7) is 8.15. The summed E-state index contributed by atoms with van der Waals surface area (Å²) < 4.78 is 0. The van der Waals surface area contributed by atoms with E-state index < -0.39 is 0 Å². The van der Waals surface area contributed by atoms with Crippen molar-refractivity contribution >= 4 is 17.0 Å². The third kappa shape index (κ3) is 2.69. The summed E-state index contributed by atoms with van der Waals surface area (Å²) in [5, 5.41) is 2.12. The second kappa shape index (κ2) is 5.98. The highest BCUT2D eigenvalue weighted by Gasteiger charge is 2.14. The van der Waals surface area contributed by atoms with E-state index in [4.69, 9.17) is 0 Å². The minimum Gasteiger partial charge on any atom is -0.287 e. The first kappa shape index (κ1) is 13.8. The van der Waals surface area contributed by atoms with E-state index in [1.165, 1.54) is 27.1 Å². The van der Waals surface area contributed by atoms with Crippen molar-refractivity contribution in [1.82, 2.24) is 0 Å². The van der Waals surface area contributed by atoms with Gasteiger partial charge in [0.2, 0.25) is 0 Å². The molecule has 1 aromatic heterocycles. The molecule has 0 N–H and O–H groups in total. The van der Waals surface area contributed by atoms with Crippen LogP contribution in [-0.2, 0) is 6.42 Å². The van der Waals surface area contributed by atoms with Crippen LogP contribution in [0.4, 0.5) is 0 Å². The molecule has 1 heterocycles. The fourth-order valence-corrected chi connectivity index (χ4v) is 3.27. The molecule has 2 rings (SSSR count). The van der Waals surface area contributed by atoms with Crippen molar-refractivity contribution in [3.63, 3.8) is 0 Å². The molecule has 19 heavy (non-hydrogen) atoms. The Hall–Kier alpha value is -1.67. The molecule has 2 heteroatoms. The number of thiophene rings is 1. The maximum Gasteiger partial charge on any atom is 0.0820 e. The largest absolute Gasteiger partial charge is 0.287 e. The molecular formula is C17H19NS. The number of allylic oxidation sites excluding steroid dienone is 1. The van der Waals surface area contributed by atoms with Crippen molar-refractivity contribution in [3.8, 4) is 0 Å². The van der Waals surface area contributed by atoms with E-state index in [-0.39, 0.29) is 0 Å². The van der Waals surface area contributed by atoms with Gasteiger partial charge < -0.3 is 0 Å². The quantitative estimate of drug-likeness (QED) is 0.570. The van der Waals surface area contributed by atoms with Crippen molar-refractivity contribution in [2.24, 2.45) is 4.99 Å². The molecule has 0 unspecified atom stereocenters. The molecule has 1 aromatic carbocycles. The third-order valence-corrected chi connectivity index (χ3v) is 4.34. The fourth-order valence-electron chi connectivity index (χ4n) is 2.30. The number of aryl methyl sites for hydroxylation is 2. The van der Waals surface area contributed by atoms with Gasteiger partial charge in [-0.3, -0.25) is 4.99 Å². The van der Waals surface area contributed by atoms with Crippen LogP contribution < -0.4 is 0 Å². The monoisotopic (exact) mass is 269 g/mol. The first-order valence-electron chi connectivity index (χ1n) is 6.40. The Morgan fingerprint density at radius 1 is 1.26 bits per heavy atom. The van der Waals surface area contributed by atoms with Crippen molar-refractivity contribution in [2.45, 2.75) is 20.3 Å². The zero-order valence-corrected chi connectivity index (χ0v) is 12.6. The minimum absolute atomic E-state index is 0.880. The van der Waals surface area contributed by atoms with Crippen LogP contribution >= 0.6 is 11.3 Å². The molecule has 0 saturated heterocycles. The zero-order chi connectivity index (χ0) is 13.8. The molecule has 2 aromatic rings. The maximum atomic E-state index is 4.54. The van der Waals surface area contributed by atoms with Crippen LogP contribution in [0.25, 0.3) is 0 Å². The summed E-state index contributed by atoms with van der Waals surface area (Å²) in [4.78, 5) is 5.80. The molecule has 0 spiro atoms. The van der Waals surface area contributed by atoms with E-state index in [1.54, 1.807) is 11.3 Å². The average Bonchev–Trinajstić information content (AvgIpc) is 2.81. The Labute approximate surface area is 119 Å². The molecule has 0 amide bonds. The summed E-state index contributed by atoms with van der Waals surface area (Å²) in [5.41, 5.74) is 6.23. The highest BCUT2D eigenvalue weighted by atomic mass is 32.1.